The third-order valence-corrected chi connectivity index (χ3v) is 4.64. The molecule has 6 nitrogen and oxygen atoms in total. The number of hydrogen-bond donors (Lipinski definition) is 3. The molecule has 0 fully saturated rings. The summed E-state index contributed by atoms with van der Waals surface area (Å²) in [6.45, 7) is 1.22. The van der Waals surface area contributed by atoms with E-state index in [1.54, 1.807) is 36.4 Å². The van der Waals surface area contributed by atoms with Crippen LogP contribution in [0.3, 0.4) is 0 Å². The van der Waals surface area contributed by atoms with Gasteiger partial charge in [0.25, 0.3) is 0 Å². The summed E-state index contributed by atoms with van der Waals surface area (Å²) in [6.07, 6.45) is 1.07. The summed E-state index contributed by atoms with van der Waals surface area (Å²) in [5.41, 5.74) is 1.66. The highest BCUT2D eigenvalue weighted by Crippen LogP contribution is 2.14. The Bertz CT molecular complexity index is 823. The number of sulfonamides is 1. The van der Waals surface area contributed by atoms with Crippen molar-refractivity contribution in [2.45, 2.75) is 17.7 Å². The Morgan fingerprint density at radius 2 is 1.80 bits per heavy atom. The second-order valence-electron chi connectivity index (χ2n) is 5.50. The van der Waals surface area contributed by atoms with Gasteiger partial charge in [-0.1, -0.05) is 29.8 Å². The molecule has 2 rings (SSSR count). The van der Waals surface area contributed by atoms with Crippen molar-refractivity contribution in [2.75, 3.05) is 18.4 Å². The van der Waals surface area contributed by atoms with Crippen molar-refractivity contribution < 1.29 is 13.2 Å². The third-order valence-electron chi connectivity index (χ3n) is 3.48. The van der Waals surface area contributed by atoms with E-state index in [1.165, 1.54) is 12.1 Å². The molecular weight excluding hydrogens is 362 g/mol. The quantitative estimate of drug-likeness (QED) is 0.610. The number of anilines is 1. The number of benzene rings is 2. The molecule has 0 aliphatic rings. The summed E-state index contributed by atoms with van der Waals surface area (Å²) in [5.74, 6) is -0.0905. The normalized spacial score (nSPS) is 11.3. The van der Waals surface area contributed by atoms with Crippen molar-refractivity contribution in [3.8, 4) is 0 Å². The van der Waals surface area contributed by atoms with Crippen molar-refractivity contribution in [1.82, 2.24) is 5.32 Å². The molecule has 0 unspecified atom stereocenters. The van der Waals surface area contributed by atoms with Gasteiger partial charge >= 0.3 is 0 Å². The van der Waals surface area contributed by atoms with Gasteiger partial charge in [0.15, 0.2) is 0 Å². The molecule has 2 aromatic carbocycles. The van der Waals surface area contributed by atoms with Crippen LogP contribution in [0.15, 0.2) is 53.4 Å². The topological polar surface area (TPSA) is 101 Å². The number of carbonyl (C=O) groups is 1. The summed E-state index contributed by atoms with van der Waals surface area (Å²) >= 11 is 5.86. The molecule has 0 bridgehead atoms. The number of halogens is 1. The SMILES string of the molecule is NS(=O)(=O)c1ccc(CCNCCC(=O)Nc2cccc(Cl)c2)cc1. The summed E-state index contributed by atoms with van der Waals surface area (Å²) in [5, 5.41) is 11.6. The zero-order valence-electron chi connectivity index (χ0n) is 13.5. The van der Waals surface area contributed by atoms with E-state index < -0.39 is 10.0 Å². The van der Waals surface area contributed by atoms with E-state index in [2.05, 4.69) is 10.6 Å². The van der Waals surface area contributed by atoms with Crippen molar-refractivity contribution >= 4 is 33.2 Å². The first-order chi connectivity index (χ1) is 11.8. The number of nitrogens with one attached hydrogen (secondary N) is 2. The van der Waals surface area contributed by atoms with Gasteiger partial charge in [0.2, 0.25) is 15.9 Å². The monoisotopic (exact) mass is 381 g/mol. The van der Waals surface area contributed by atoms with Gasteiger partial charge in [-0.15, -0.1) is 0 Å². The minimum Gasteiger partial charge on any atom is -0.326 e. The highest BCUT2D eigenvalue weighted by Gasteiger charge is 2.06. The maximum atomic E-state index is 11.8. The molecule has 4 N–H and O–H groups in total. The Labute approximate surface area is 152 Å². The van der Waals surface area contributed by atoms with Crippen LogP contribution in [0.5, 0.6) is 0 Å². The van der Waals surface area contributed by atoms with Gasteiger partial charge in [-0.25, -0.2) is 13.6 Å². The molecule has 0 saturated carbocycles. The number of hydrogen-bond acceptors (Lipinski definition) is 4. The second-order valence-corrected chi connectivity index (χ2v) is 7.50. The van der Waals surface area contributed by atoms with Crippen molar-refractivity contribution in [3.05, 3.63) is 59.1 Å². The molecule has 0 atom stereocenters. The van der Waals surface area contributed by atoms with Crippen LogP contribution in [0.1, 0.15) is 12.0 Å². The summed E-state index contributed by atoms with van der Waals surface area (Å²) < 4.78 is 22.4. The Hall–Kier alpha value is -1.93. The van der Waals surface area contributed by atoms with Crippen LogP contribution in [-0.2, 0) is 21.2 Å². The largest absolute Gasteiger partial charge is 0.326 e. The van der Waals surface area contributed by atoms with E-state index in [1.807, 2.05) is 0 Å². The third kappa shape index (κ3) is 6.83. The average molecular weight is 382 g/mol. The molecule has 8 heteroatoms. The summed E-state index contributed by atoms with van der Waals surface area (Å²) in [4.78, 5) is 11.9. The molecule has 0 aliphatic heterocycles. The fraction of sp³-hybridized carbons (Fsp3) is 0.235. The van der Waals surface area contributed by atoms with Crippen LogP contribution in [0.2, 0.25) is 5.02 Å². The zero-order chi connectivity index (χ0) is 18.3. The molecule has 0 aromatic heterocycles. The summed E-state index contributed by atoms with van der Waals surface area (Å²) in [6, 6.07) is 13.4. The predicted octanol–water partition coefficient (Wildman–Crippen LogP) is 2.15. The van der Waals surface area contributed by atoms with Crippen LogP contribution < -0.4 is 15.8 Å². The first kappa shape index (κ1) is 19.4. The van der Waals surface area contributed by atoms with E-state index >= 15 is 0 Å². The molecule has 0 radical (unpaired) electrons. The van der Waals surface area contributed by atoms with E-state index in [0.717, 1.165) is 12.0 Å². The lowest BCUT2D eigenvalue weighted by molar-refractivity contribution is -0.116. The Morgan fingerprint density at radius 3 is 2.44 bits per heavy atom. The fourth-order valence-corrected chi connectivity index (χ4v) is 2.90. The molecular formula is C17H20ClN3O3S. The molecule has 2 aromatic rings. The molecule has 25 heavy (non-hydrogen) atoms. The first-order valence-corrected chi connectivity index (χ1v) is 9.65. The maximum absolute atomic E-state index is 11.8. The lowest BCUT2D eigenvalue weighted by Gasteiger charge is -2.07. The van der Waals surface area contributed by atoms with Gasteiger partial charge in [0, 0.05) is 23.7 Å². The van der Waals surface area contributed by atoms with Gasteiger partial charge in [-0.3, -0.25) is 4.79 Å². The number of rotatable bonds is 8. The molecule has 0 heterocycles. The number of amides is 1. The highest BCUT2D eigenvalue weighted by molar-refractivity contribution is 7.89. The van der Waals surface area contributed by atoms with E-state index in [-0.39, 0.29) is 10.8 Å². The van der Waals surface area contributed by atoms with Crippen LogP contribution in [0, 0.1) is 0 Å². The van der Waals surface area contributed by atoms with E-state index in [0.29, 0.717) is 30.2 Å². The number of carbonyl (C=O) groups excluding carboxylic acids is 1. The van der Waals surface area contributed by atoms with Gasteiger partial charge in [0.1, 0.15) is 0 Å². The predicted molar refractivity (Wildman–Crippen MR) is 99.1 cm³/mol. The maximum Gasteiger partial charge on any atom is 0.238 e. The molecule has 1 amide bonds. The molecule has 0 spiro atoms. The van der Waals surface area contributed by atoms with Crippen LogP contribution in [-0.4, -0.2) is 27.4 Å². The van der Waals surface area contributed by atoms with Crippen LogP contribution >= 0.6 is 11.6 Å². The highest BCUT2D eigenvalue weighted by atomic mass is 35.5. The van der Waals surface area contributed by atoms with Crippen molar-refractivity contribution in [1.29, 1.82) is 0 Å². The average Bonchev–Trinajstić information content (AvgIpc) is 2.54. The van der Waals surface area contributed by atoms with Crippen molar-refractivity contribution in [3.63, 3.8) is 0 Å². The Kier molecular flexibility index (Phi) is 6.95. The van der Waals surface area contributed by atoms with Crippen LogP contribution in [0.4, 0.5) is 5.69 Å². The molecule has 0 saturated heterocycles. The minimum absolute atomic E-state index is 0.0905. The van der Waals surface area contributed by atoms with Crippen LogP contribution in [0.25, 0.3) is 0 Å². The first-order valence-electron chi connectivity index (χ1n) is 7.72. The Balaban J connectivity index is 1.67. The minimum atomic E-state index is -3.66. The van der Waals surface area contributed by atoms with E-state index in [9.17, 15) is 13.2 Å². The second kappa shape index (κ2) is 8.96. The van der Waals surface area contributed by atoms with Gasteiger partial charge in [-0.05, 0) is 48.9 Å². The molecule has 134 valence electrons. The smallest absolute Gasteiger partial charge is 0.238 e. The standard InChI is InChI=1S/C17H20ClN3O3S/c18-14-2-1-3-15(12-14)21-17(22)9-11-20-10-8-13-4-6-16(7-5-13)25(19,23)24/h1-7,12,20H,8-11H2,(H,21,22)(H2,19,23,24). The number of primary sulfonamides is 1. The Morgan fingerprint density at radius 1 is 1.08 bits per heavy atom. The van der Waals surface area contributed by atoms with Crippen molar-refractivity contribution in [2.24, 2.45) is 5.14 Å². The van der Waals surface area contributed by atoms with Gasteiger partial charge in [0.05, 0.1) is 4.90 Å². The lowest BCUT2D eigenvalue weighted by Crippen LogP contribution is -2.23. The summed E-state index contributed by atoms with van der Waals surface area (Å²) in [7, 11) is -3.66. The zero-order valence-corrected chi connectivity index (χ0v) is 15.1. The van der Waals surface area contributed by atoms with E-state index in [4.69, 9.17) is 16.7 Å². The molecule has 0 aliphatic carbocycles. The lowest BCUT2D eigenvalue weighted by atomic mass is 10.1. The number of nitrogens with two attached hydrogens (primary N) is 1. The van der Waals surface area contributed by atoms with Gasteiger partial charge in [-0.2, -0.15) is 0 Å². The fourth-order valence-electron chi connectivity index (χ4n) is 2.20. The van der Waals surface area contributed by atoms with Gasteiger partial charge < -0.3 is 10.6 Å².